The van der Waals surface area contributed by atoms with Crippen LogP contribution in [0, 0.1) is 0 Å². The number of hydrazone groups is 1. The van der Waals surface area contributed by atoms with Crippen LogP contribution in [0.5, 0.6) is 5.75 Å². The van der Waals surface area contributed by atoms with Crippen LogP contribution in [-0.2, 0) is 4.79 Å². The molecule has 2 aromatic carbocycles. The van der Waals surface area contributed by atoms with Crippen molar-refractivity contribution in [1.29, 1.82) is 0 Å². The van der Waals surface area contributed by atoms with Crippen LogP contribution in [0.4, 0.5) is 0 Å². The van der Waals surface area contributed by atoms with Crippen LogP contribution in [0.2, 0.25) is 5.02 Å². The average molecular weight is 394 g/mol. The molecule has 0 radical (unpaired) electrons. The summed E-state index contributed by atoms with van der Waals surface area (Å²) in [6.07, 6.45) is 5.13. The van der Waals surface area contributed by atoms with Gasteiger partial charge in [0.2, 0.25) is 0 Å². The minimum atomic E-state index is -0.351. The Morgan fingerprint density at radius 1 is 1.26 bits per heavy atom. The van der Waals surface area contributed by atoms with E-state index in [0.717, 1.165) is 5.56 Å². The van der Waals surface area contributed by atoms with Gasteiger partial charge in [0.25, 0.3) is 5.91 Å². The largest absolute Gasteiger partial charge is 0.483 e. The zero-order valence-electron chi connectivity index (χ0n) is 12.1. The van der Waals surface area contributed by atoms with Gasteiger partial charge in [-0.05, 0) is 45.8 Å². The van der Waals surface area contributed by atoms with E-state index >= 15 is 0 Å². The maximum atomic E-state index is 11.6. The topological polar surface area (TPSA) is 50.7 Å². The zero-order chi connectivity index (χ0) is 16.5. The van der Waals surface area contributed by atoms with Gasteiger partial charge >= 0.3 is 0 Å². The molecule has 2 aromatic rings. The second kappa shape index (κ2) is 9.12. The van der Waals surface area contributed by atoms with Gasteiger partial charge in [0, 0.05) is 11.2 Å². The predicted octanol–water partition coefficient (Wildman–Crippen LogP) is 4.30. The van der Waals surface area contributed by atoms with E-state index < -0.39 is 0 Å². The Kier molecular flexibility index (Phi) is 6.84. The molecular formula is C17H14BrClN2O2. The summed E-state index contributed by atoms with van der Waals surface area (Å²) in [6, 6.07) is 14.9. The number of hydrogen-bond acceptors (Lipinski definition) is 3. The molecule has 0 aromatic heterocycles. The van der Waals surface area contributed by atoms with Gasteiger partial charge in [0.15, 0.2) is 6.61 Å². The molecule has 0 atom stereocenters. The van der Waals surface area contributed by atoms with Gasteiger partial charge < -0.3 is 4.74 Å². The number of benzene rings is 2. The Balaban J connectivity index is 1.74. The van der Waals surface area contributed by atoms with E-state index in [1.807, 2.05) is 36.4 Å². The third-order valence-electron chi connectivity index (χ3n) is 2.69. The number of rotatable bonds is 6. The zero-order valence-corrected chi connectivity index (χ0v) is 14.4. The lowest BCUT2D eigenvalue weighted by Crippen LogP contribution is -2.24. The summed E-state index contributed by atoms with van der Waals surface area (Å²) in [4.78, 5) is 11.6. The molecule has 0 spiro atoms. The van der Waals surface area contributed by atoms with Crippen molar-refractivity contribution < 1.29 is 9.53 Å². The van der Waals surface area contributed by atoms with Crippen LogP contribution in [0.15, 0.2) is 64.2 Å². The highest BCUT2D eigenvalue weighted by Gasteiger charge is 2.05. The van der Waals surface area contributed by atoms with E-state index in [2.05, 4.69) is 26.5 Å². The Labute approximate surface area is 147 Å². The van der Waals surface area contributed by atoms with Crippen molar-refractivity contribution in [3.63, 3.8) is 0 Å². The van der Waals surface area contributed by atoms with Gasteiger partial charge in [-0.2, -0.15) is 5.10 Å². The molecule has 0 unspecified atom stereocenters. The fourth-order valence-electron chi connectivity index (χ4n) is 1.64. The summed E-state index contributed by atoms with van der Waals surface area (Å²) in [6.45, 7) is -0.139. The van der Waals surface area contributed by atoms with Gasteiger partial charge in [-0.15, -0.1) is 0 Å². The standard InChI is InChI=1S/C17H14BrClN2O2/c18-15-11-14(19)8-9-16(15)23-12-17(22)21-20-10-4-7-13-5-2-1-3-6-13/h1-11H,12H2,(H,21,22)/b7-4+,20-10+. The fraction of sp³-hybridized carbons (Fsp3) is 0.0588. The molecule has 2 rings (SSSR count). The molecule has 0 aliphatic rings. The molecular weight excluding hydrogens is 380 g/mol. The number of amides is 1. The summed E-state index contributed by atoms with van der Waals surface area (Å²) < 4.78 is 6.06. The van der Waals surface area contributed by atoms with E-state index in [4.69, 9.17) is 16.3 Å². The fourth-order valence-corrected chi connectivity index (χ4v) is 2.44. The Morgan fingerprint density at radius 3 is 2.78 bits per heavy atom. The van der Waals surface area contributed by atoms with E-state index in [0.29, 0.717) is 15.2 Å². The Bertz CT molecular complexity index is 718. The highest BCUT2D eigenvalue weighted by molar-refractivity contribution is 9.10. The van der Waals surface area contributed by atoms with Crippen molar-refractivity contribution in [2.45, 2.75) is 0 Å². The first-order valence-electron chi connectivity index (χ1n) is 6.76. The third kappa shape index (κ3) is 6.26. The molecule has 118 valence electrons. The number of nitrogens with one attached hydrogen (secondary N) is 1. The quantitative estimate of drug-likeness (QED) is 0.588. The van der Waals surface area contributed by atoms with Crippen LogP contribution < -0.4 is 10.2 Å². The first kappa shape index (κ1) is 17.2. The lowest BCUT2D eigenvalue weighted by Gasteiger charge is -2.07. The van der Waals surface area contributed by atoms with Crippen molar-refractivity contribution in [3.8, 4) is 5.75 Å². The third-order valence-corrected chi connectivity index (χ3v) is 3.55. The van der Waals surface area contributed by atoms with E-state index in [-0.39, 0.29) is 12.5 Å². The lowest BCUT2D eigenvalue weighted by atomic mass is 10.2. The average Bonchev–Trinajstić information content (AvgIpc) is 2.54. The van der Waals surface area contributed by atoms with Crippen LogP contribution in [-0.4, -0.2) is 18.7 Å². The van der Waals surface area contributed by atoms with Crippen molar-refractivity contribution in [2.24, 2.45) is 5.10 Å². The number of carbonyl (C=O) groups excluding carboxylic acids is 1. The van der Waals surface area contributed by atoms with Crippen molar-refractivity contribution >= 4 is 45.7 Å². The first-order valence-corrected chi connectivity index (χ1v) is 7.94. The molecule has 6 heteroatoms. The molecule has 0 heterocycles. The van der Waals surface area contributed by atoms with Gasteiger partial charge in [0.1, 0.15) is 5.75 Å². The van der Waals surface area contributed by atoms with Gasteiger partial charge in [0.05, 0.1) is 4.47 Å². The monoisotopic (exact) mass is 392 g/mol. The first-order chi connectivity index (χ1) is 11.1. The van der Waals surface area contributed by atoms with Gasteiger partial charge in [-0.1, -0.05) is 48.0 Å². The van der Waals surface area contributed by atoms with Crippen molar-refractivity contribution in [3.05, 3.63) is 69.7 Å². The molecule has 0 aliphatic heterocycles. The molecule has 0 fully saturated rings. The summed E-state index contributed by atoms with van der Waals surface area (Å²) in [7, 11) is 0. The van der Waals surface area contributed by atoms with Crippen LogP contribution in [0.3, 0.4) is 0 Å². The number of carbonyl (C=O) groups is 1. The van der Waals surface area contributed by atoms with Gasteiger partial charge in [-0.3, -0.25) is 4.79 Å². The highest BCUT2D eigenvalue weighted by atomic mass is 79.9. The van der Waals surface area contributed by atoms with Crippen molar-refractivity contribution in [2.75, 3.05) is 6.61 Å². The SMILES string of the molecule is O=C(COc1ccc(Cl)cc1Br)N/N=C/C=C/c1ccccc1. The van der Waals surface area contributed by atoms with E-state index in [9.17, 15) is 4.79 Å². The van der Waals surface area contributed by atoms with E-state index in [1.165, 1.54) is 6.21 Å². The molecule has 0 saturated heterocycles. The molecule has 4 nitrogen and oxygen atoms in total. The second-order valence-corrected chi connectivity index (χ2v) is 5.74. The summed E-state index contributed by atoms with van der Waals surface area (Å²) in [5.74, 6) is 0.189. The maximum absolute atomic E-state index is 11.6. The van der Waals surface area contributed by atoms with Crippen molar-refractivity contribution in [1.82, 2.24) is 5.43 Å². The Morgan fingerprint density at radius 2 is 2.04 bits per heavy atom. The van der Waals surface area contributed by atoms with Gasteiger partial charge in [-0.25, -0.2) is 5.43 Å². The number of nitrogens with zero attached hydrogens (tertiary/aromatic N) is 1. The molecule has 1 amide bonds. The highest BCUT2D eigenvalue weighted by Crippen LogP contribution is 2.27. The normalized spacial score (nSPS) is 11.0. The number of ether oxygens (including phenoxy) is 1. The van der Waals surface area contributed by atoms with Crippen LogP contribution in [0.25, 0.3) is 6.08 Å². The van der Waals surface area contributed by atoms with Crippen LogP contribution in [0.1, 0.15) is 5.56 Å². The lowest BCUT2D eigenvalue weighted by molar-refractivity contribution is -0.123. The summed E-state index contributed by atoms with van der Waals surface area (Å²) in [5, 5.41) is 4.40. The molecule has 0 aliphatic carbocycles. The van der Waals surface area contributed by atoms with Crippen LogP contribution >= 0.6 is 27.5 Å². The number of hydrogen-bond donors (Lipinski definition) is 1. The predicted molar refractivity (Wildman–Crippen MR) is 96.8 cm³/mol. The van der Waals surface area contributed by atoms with E-state index in [1.54, 1.807) is 24.3 Å². The molecule has 23 heavy (non-hydrogen) atoms. The number of halogens is 2. The summed E-state index contributed by atoms with van der Waals surface area (Å²) >= 11 is 9.14. The molecule has 1 N–H and O–H groups in total. The molecule has 0 saturated carbocycles. The second-order valence-electron chi connectivity index (χ2n) is 4.45. The number of allylic oxidation sites excluding steroid dienone is 1. The summed E-state index contributed by atoms with van der Waals surface area (Å²) in [5.41, 5.74) is 3.44. The minimum absolute atomic E-state index is 0.139. The maximum Gasteiger partial charge on any atom is 0.277 e. The minimum Gasteiger partial charge on any atom is -0.483 e. The smallest absolute Gasteiger partial charge is 0.277 e. The Hall–Kier alpha value is -2.11. The molecule has 0 bridgehead atoms.